The number of thiophene rings is 1. The van der Waals surface area contributed by atoms with Crippen LogP contribution < -0.4 is 15.6 Å². The molecule has 7 heteroatoms. The minimum Gasteiger partial charge on any atom is -0.486 e. The molecule has 1 N–H and O–H groups in total. The van der Waals surface area contributed by atoms with Crippen molar-refractivity contribution in [1.29, 1.82) is 0 Å². The largest absolute Gasteiger partial charge is 0.486 e. The Morgan fingerprint density at radius 3 is 2.53 bits per heavy atom. The van der Waals surface area contributed by atoms with Gasteiger partial charge in [-0.3, -0.25) is 14.6 Å². The molecular weight excluding hydrogens is 446 g/mol. The molecule has 0 radical (unpaired) electrons. The number of carbonyl (C=O) groups is 1. The van der Waals surface area contributed by atoms with E-state index in [0.29, 0.717) is 22.6 Å². The van der Waals surface area contributed by atoms with Crippen LogP contribution in [0.1, 0.15) is 20.8 Å². The van der Waals surface area contributed by atoms with Crippen molar-refractivity contribution in [3.63, 3.8) is 0 Å². The summed E-state index contributed by atoms with van der Waals surface area (Å²) < 4.78 is 8.53. The van der Waals surface area contributed by atoms with Crippen molar-refractivity contribution in [3.8, 4) is 5.75 Å². The topological polar surface area (TPSA) is 73.2 Å². The van der Waals surface area contributed by atoms with Gasteiger partial charge in [-0.05, 0) is 35.7 Å². The quantitative estimate of drug-likeness (QED) is 0.375. The Hall–Kier alpha value is -3.97. The summed E-state index contributed by atoms with van der Waals surface area (Å²) in [6.45, 7) is 0.717. The van der Waals surface area contributed by atoms with Crippen molar-refractivity contribution in [2.75, 3.05) is 6.54 Å². The van der Waals surface area contributed by atoms with Crippen molar-refractivity contribution in [1.82, 2.24) is 14.9 Å². The second-order valence-corrected chi connectivity index (χ2v) is 9.00. The van der Waals surface area contributed by atoms with Crippen LogP contribution in [0.3, 0.4) is 0 Å². The fourth-order valence-corrected chi connectivity index (χ4v) is 5.19. The standard InChI is InChI=1S/C27H23N3O3S/c1-30-21-10-6-5-9-20(21)24-22(27(30)32)23(33-17-19-11-14-28-15-12-19)25(34-24)26(31)29-16-13-18-7-3-2-4-8-18/h2-12,14-15H,13,16-17H2,1H3,(H,29,31). The Morgan fingerprint density at radius 1 is 1.00 bits per heavy atom. The maximum Gasteiger partial charge on any atom is 0.265 e. The maximum atomic E-state index is 13.4. The van der Waals surface area contributed by atoms with E-state index in [1.54, 1.807) is 24.0 Å². The zero-order valence-corrected chi connectivity index (χ0v) is 19.5. The van der Waals surface area contributed by atoms with E-state index in [4.69, 9.17) is 4.74 Å². The number of fused-ring (bicyclic) bond motifs is 3. The highest BCUT2D eigenvalue weighted by molar-refractivity contribution is 7.22. The summed E-state index contributed by atoms with van der Waals surface area (Å²) in [5.74, 6) is 0.0911. The van der Waals surface area contributed by atoms with E-state index in [0.717, 1.165) is 33.2 Å². The van der Waals surface area contributed by atoms with Crippen LogP contribution >= 0.6 is 11.3 Å². The van der Waals surface area contributed by atoms with Gasteiger partial charge in [0, 0.05) is 31.4 Å². The molecule has 0 aliphatic carbocycles. The van der Waals surface area contributed by atoms with Crippen LogP contribution in [0.15, 0.2) is 83.9 Å². The van der Waals surface area contributed by atoms with E-state index in [2.05, 4.69) is 10.3 Å². The number of benzene rings is 2. The first kappa shape index (κ1) is 21.9. The smallest absolute Gasteiger partial charge is 0.265 e. The lowest BCUT2D eigenvalue weighted by Gasteiger charge is -2.10. The molecule has 5 rings (SSSR count). The third-order valence-electron chi connectivity index (χ3n) is 5.77. The molecular formula is C27H23N3O3S. The van der Waals surface area contributed by atoms with Gasteiger partial charge in [-0.2, -0.15) is 0 Å². The van der Waals surface area contributed by atoms with E-state index < -0.39 is 0 Å². The first-order valence-corrected chi connectivity index (χ1v) is 11.8. The van der Waals surface area contributed by atoms with Gasteiger partial charge in [0.2, 0.25) is 0 Å². The summed E-state index contributed by atoms with van der Waals surface area (Å²) in [6.07, 6.45) is 4.09. The number of pyridine rings is 2. The first-order chi connectivity index (χ1) is 16.6. The Bertz CT molecular complexity index is 1530. The third-order valence-corrected chi connectivity index (χ3v) is 6.98. The molecule has 0 bridgehead atoms. The van der Waals surface area contributed by atoms with E-state index >= 15 is 0 Å². The monoisotopic (exact) mass is 469 g/mol. The lowest BCUT2D eigenvalue weighted by molar-refractivity contribution is 0.0954. The second kappa shape index (κ2) is 9.49. The van der Waals surface area contributed by atoms with Crippen LogP contribution in [0.2, 0.25) is 0 Å². The SMILES string of the molecule is Cn1c(=O)c2c(OCc3ccncc3)c(C(=O)NCCc3ccccc3)sc2c2ccccc21. The van der Waals surface area contributed by atoms with Crippen LogP contribution in [0, 0.1) is 0 Å². The third kappa shape index (κ3) is 4.18. The normalized spacial score (nSPS) is 11.1. The van der Waals surface area contributed by atoms with Gasteiger partial charge in [0.1, 0.15) is 16.9 Å². The van der Waals surface area contributed by atoms with Crippen molar-refractivity contribution < 1.29 is 9.53 Å². The summed E-state index contributed by atoms with van der Waals surface area (Å²) in [7, 11) is 1.74. The molecule has 3 aromatic heterocycles. The number of amides is 1. The molecule has 5 aromatic rings. The highest BCUT2D eigenvalue weighted by atomic mass is 32.1. The molecule has 0 unspecified atom stereocenters. The summed E-state index contributed by atoms with van der Waals surface area (Å²) in [6, 6.07) is 21.4. The number of carbonyl (C=O) groups excluding carboxylic acids is 1. The van der Waals surface area contributed by atoms with Crippen LogP contribution in [0.5, 0.6) is 5.75 Å². The average Bonchev–Trinajstić information content (AvgIpc) is 3.27. The molecule has 0 aliphatic heterocycles. The van der Waals surface area contributed by atoms with Gasteiger partial charge in [-0.1, -0.05) is 48.5 Å². The number of hydrogen-bond donors (Lipinski definition) is 1. The number of aromatic nitrogens is 2. The summed E-state index contributed by atoms with van der Waals surface area (Å²) in [5.41, 5.74) is 2.69. The minimum absolute atomic E-state index is 0.182. The summed E-state index contributed by atoms with van der Waals surface area (Å²) in [4.78, 5) is 31.1. The first-order valence-electron chi connectivity index (χ1n) is 11.0. The van der Waals surface area contributed by atoms with E-state index in [9.17, 15) is 9.59 Å². The second-order valence-electron chi connectivity index (χ2n) is 7.98. The highest BCUT2D eigenvalue weighted by Crippen LogP contribution is 2.39. The fourth-order valence-electron chi connectivity index (χ4n) is 4.00. The molecule has 2 aromatic carbocycles. The van der Waals surface area contributed by atoms with Crippen LogP contribution in [-0.4, -0.2) is 22.0 Å². The van der Waals surface area contributed by atoms with Gasteiger partial charge in [0.25, 0.3) is 11.5 Å². The Labute approximate surface area is 200 Å². The summed E-state index contributed by atoms with van der Waals surface area (Å²) >= 11 is 1.30. The molecule has 0 saturated heterocycles. The molecule has 0 saturated carbocycles. The zero-order chi connectivity index (χ0) is 23.5. The van der Waals surface area contributed by atoms with Gasteiger partial charge < -0.3 is 14.6 Å². The van der Waals surface area contributed by atoms with Crippen LogP contribution in [0.25, 0.3) is 21.0 Å². The van der Waals surface area contributed by atoms with Gasteiger partial charge in [0.15, 0.2) is 5.75 Å². The molecule has 0 spiro atoms. The predicted molar refractivity (Wildman–Crippen MR) is 136 cm³/mol. The highest BCUT2D eigenvalue weighted by Gasteiger charge is 2.24. The number of para-hydroxylation sites is 1. The van der Waals surface area contributed by atoms with E-state index in [1.165, 1.54) is 11.3 Å². The molecule has 170 valence electrons. The molecule has 0 fully saturated rings. The maximum absolute atomic E-state index is 13.4. The average molecular weight is 470 g/mol. The number of aryl methyl sites for hydroxylation is 1. The number of nitrogens with one attached hydrogen (secondary N) is 1. The van der Waals surface area contributed by atoms with Crippen LogP contribution in [0.4, 0.5) is 0 Å². The molecule has 0 aliphatic rings. The van der Waals surface area contributed by atoms with E-state index in [-0.39, 0.29) is 18.1 Å². The summed E-state index contributed by atoms with van der Waals surface area (Å²) in [5, 5.41) is 4.36. The molecule has 3 heterocycles. The van der Waals surface area contributed by atoms with Gasteiger partial charge in [-0.15, -0.1) is 11.3 Å². The number of rotatable bonds is 7. The Balaban J connectivity index is 1.55. The predicted octanol–water partition coefficient (Wildman–Crippen LogP) is 4.70. The van der Waals surface area contributed by atoms with Gasteiger partial charge in [-0.25, -0.2) is 0 Å². The van der Waals surface area contributed by atoms with Gasteiger partial charge >= 0.3 is 0 Å². The minimum atomic E-state index is -0.243. The molecule has 0 atom stereocenters. The van der Waals surface area contributed by atoms with Crippen molar-refractivity contribution >= 4 is 38.2 Å². The van der Waals surface area contributed by atoms with Crippen molar-refractivity contribution in [2.24, 2.45) is 7.05 Å². The van der Waals surface area contributed by atoms with E-state index in [1.807, 2.05) is 66.7 Å². The number of ether oxygens (including phenoxy) is 1. The lowest BCUT2D eigenvalue weighted by atomic mass is 10.1. The van der Waals surface area contributed by atoms with Crippen LogP contribution in [-0.2, 0) is 20.1 Å². The van der Waals surface area contributed by atoms with Gasteiger partial charge in [0.05, 0.1) is 10.2 Å². The fraction of sp³-hybridized carbons (Fsp3) is 0.148. The Kier molecular flexibility index (Phi) is 6.10. The molecule has 6 nitrogen and oxygen atoms in total. The Morgan fingerprint density at radius 2 is 1.74 bits per heavy atom. The number of nitrogens with zero attached hydrogens (tertiary/aromatic N) is 2. The number of hydrogen-bond acceptors (Lipinski definition) is 5. The lowest BCUT2D eigenvalue weighted by Crippen LogP contribution is -2.25. The van der Waals surface area contributed by atoms with Crippen molar-refractivity contribution in [3.05, 3.63) is 105 Å². The molecule has 34 heavy (non-hydrogen) atoms. The molecule has 1 amide bonds. The van der Waals surface area contributed by atoms with Crippen molar-refractivity contribution in [2.45, 2.75) is 13.0 Å². The zero-order valence-electron chi connectivity index (χ0n) is 18.7.